The van der Waals surface area contributed by atoms with Crippen LogP contribution in [0.2, 0.25) is 0 Å². The summed E-state index contributed by atoms with van der Waals surface area (Å²) in [6.45, 7) is 4.06. The number of fused-ring (bicyclic) bond motifs is 1. The molecule has 1 amide bonds. The van der Waals surface area contributed by atoms with Crippen molar-refractivity contribution in [2.24, 2.45) is 0 Å². The van der Waals surface area contributed by atoms with Gasteiger partial charge < -0.3 is 20.1 Å². The summed E-state index contributed by atoms with van der Waals surface area (Å²) in [6, 6.07) is 6.45. The lowest BCUT2D eigenvalue weighted by molar-refractivity contribution is -0.131. The van der Waals surface area contributed by atoms with E-state index >= 15 is 0 Å². The summed E-state index contributed by atoms with van der Waals surface area (Å²) >= 11 is 0. The van der Waals surface area contributed by atoms with Gasteiger partial charge in [-0.2, -0.15) is 10.1 Å². The number of ether oxygens (including phenoxy) is 1. The van der Waals surface area contributed by atoms with Gasteiger partial charge in [0.1, 0.15) is 18.1 Å². The first-order valence-corrected chi connectivity index (χ1v) is 8.18. The zero-order chi connectivity index (χ0) is 17.4. The maximum absolute atomic E-state index is 13.2. The van der Waals surface area contributed by atoms with Crippen LogP contribution >= 0.6 is 0 Å². The average molecular weight is 341 g/mol. The Morgan fingerprint density at radius 2 is 2.16 bits per heavy atom. The van der Waals surface area contributed by atoms with E-state index in [4.69, 9.17) is 4.74 Å². The van der Waals surface area contributed by atoms with E-state index in [0.717, 1.165) is 11.3 Å². The Morgan fingerprint density at radius 1 is 1.36 bits per heavy atom. The topological polar surface area (TPSA) is 92.5 Å². The van der Waals surface area contributed by atoms with Crippen molar-refractivity contribution >= 4 is 11.9 Å². The van der Waals surface area contributed by atoms with Crippen LogP contribution in [-0.4, -0.2) is 57.0 Å². The minimum Gasteiger partial charge on any atom is -0.508 e. The number of morpholine rings is 1. The quantitative estimate of drug-likeness (QED) is 0.851. The minimum absolute atomic E-state index is 0.0530. The molecular formula is C17H19N5O3. The summed E-state index contributed by atoms with van der Waals surface area (Å²) in [6.07, 6.45) is 1.45. The number of nitrogens with one attached hydrogen (secondary N) is 1. The summed E-state index contributed by atoms with van der Waals surface area (Å²) in [7, 11) is 0. The number of aromatic hydroxyl groups is 1. The van der Waals surface area contributed by atoms with Crippen molar-refractivity contribution in [1.82, 2.24) is 19.7 Å². The highest BCUT2D eigenvalue weighted by atomic mass is 16.5. The van der Waals surface area contributed by atoms with Crippen LogP contribution in [-0.2, 0) is 9.53 Å². The fourth-order valence-electron chi connectivity index (χ4n) is 3.31. The van der Waals surface area contributed by atoms with Gasteiger partial charge in [0.15, 0.2) is 0 Å². The van der Waals surface area contributed by atoms with E-state index in [1.165, 1.54) is 6.33 Å². The molecular weight excluding hydrogens is 322 g/mol. The molecule has 0 unspecified atom stereocenters. The first kappa shape index (κ1) is 15.6. The molecule has 1 atom stereocenters. The number of benzene rings is 1. The van der Waals surface area contributed by atoms with Crippen LogP contribution in [0.1, 0.15) is 18.5 Å². The number of nitrogens with zero attached hydrogens (tertiary/aromatic N) is 4. The molecule has 8 heteroatoms. The van der Waals surface area contributed by atoms with E-state index in [0.29, 0.717) is 37.8 Å². The fraction of sp³-hybridized carbons (Fsp3) is 0.353. The zero-order valence-electron chi connectivity index (χ0n) is 13.8. The molecule has 0 bridgehead atoms. The molecule has 2 aliphatic rings. The van der Waals surface area contributed by atoms with Gasteiger partial charge in [-0.15, -0.1) is 0 Å². The number of aromatic nitrogens is 3. The summed E-state index contributed by atoms with van der Waals surface area (Å²) in [5.74, 6) is 0.667. The summed E-state index contributed by atoms with van der Waals surface area (Å²) in [5.41, 5.74) is 2.13. The van der Waals surface area contributed by atoms with Gasteiger partial charge in [0.2, 0.25) is 5.95 Å². The molecule has 25 heavy (non-hydrogen) atoms. The summed E-state index contributed by atoms with van der Waals surface area (Å²) in [4.78, 5) is 19.2. The molecule has 0 spiro atoms. The van der Waals surface area contributed by atoms with E-state index in [-0.39, 0.29) is 11.7 Å². The van der Waals surface area contributed by atoms with Crippen LogP contribution in [0, 0.1) is 0 Å². The first-order valence-electron chi connectivity index (χ1n) is 8.18. The van der Waals surface area contributed by atoms with E-state index in [1.54, 1.807) is 27.8 Å². The predicted molar refractivity (Wildman–Crippen MR) is 90.0 cm³/mol. The molecule has 0 saturated carbocycles. The second-order valence-corrected chi connectivity index (χ2v) is 6.09. The van der Waals surface area contributed by atoms with Gasteiger partial charge in [0.25, 0.3) is 5.91 Å². The highest BCUT2D eigenvalue weighted by molar-refractivity contribution is 5.96. The molecule has 2 N–H and O–H groups in total. The van der Waals surface area contributed by atoms with Crippen molar-refractivity contribution in [1.29, 1.82) is 0 Å². The van der Waals surface area contributed by atoms with E-state index in [9.17, 15) is 9.90 Å². The highest BCUT2D eigenvalue weighted by Crippen LogP contribution is 2.36. The van der Waals surface area contributed by atoms with E-state index in [1.807, 2.05) is 13.0 Å². The normalized spacial score (nSPS) is 20.2. The zero-order valence-corrected chi connectivity index (χ0v) is 13.8. The maximum atomic E-state index is 13.2. The third-order valence-electron chi connectivity index (χ3n) is 4.51. The number of amides is 1. The summed E-state index contributed by atoms with van der Waals surface area (Å²) < 4.78 is 7.02. The third kappa shape index (κ3) is 2.74. The number of allylic oxidation sites excluding steroid dienone is 1. The van der Waals surface area contributed by atoms with Crippen molar-refractivity contribution in [3.05, 3.63) is 47.4 Å². The Kier molecular flexibility index (Phi) is 3.89. The predicted octanol–water partition coefficient (Wildman–Crippen LogP) is 1.13. The molecule has 8 nitrogen and oxygen atoms in total. The Hall–Kier alpha value is -2.87. The molecule has 1 saturated heterocycles. The lowest BCUT2D eigenvalue weighted by Crippen LogP contribution is -2.44. The van der Waals surface area contributed by atoms with E-state index < -0.39 is 6.04 Å². The third-order valence-corrected chi connectivity index (χ3v) is 4.51. The molecule has 0 radical (unpaired) electrons. The second-order valence-electron chi connectivity index (χ2n) is 6.09. The smallest absolute Gasteiger partial charge is 0.254 e. The Bertz CT molecular complexity index is 838. The number of phenolic OH excluding ortho intramolecular Hbond substituents is 1. The van der Waals surface area contributed by atoms with Gasteiger partial charge in [-0.05, 0) is 24.6 Å². The van der Waals surface area contributed by atoms with Crippen molar-refractivity contribution in [3.8, 4) is 5.75 Å². The van der Waals surface area contributed by atoms with Gasteiger partial charge in [0.05, 0.1) is 18.8 Å². The van der Waals surface area contributed by atoms with E-state index in [2.05, 4.69) is 15.4 Å². The van der Waals surface area contributed by atoms with Crippen LogP contribution in [0.4, 0.5) is 5.95 Å². The van der Waals surface area contributed by atoms with Gasteiger partial charge in [-0.1, -0.05) is 12.1 Å². The molecule has 3 heterocycles. The maximum Gasteiger partial charge on any atom is 0.254 e. The van der Waals surface area contributed by atoms with Gasteiger partial charge in [-0.25, -0.2) is 4.68 Å². The number of hydrogen-bond donors (Lipinski definition) is 2. The van der Waals surface area contributed by atoms with Crippen LogP contribution < -0.4 is 5.32 Å². The molecule has 0 aliphatic carbocycles. The number of anilines is 1. The van der Waals surface area contributed by atoms with Crippen molar-refractivity contribution in [2.45, 2.75) is 13.0 Å². The molecule has 2 aliphatic heterocycles. The number of phenols is 1. The number of hydrogen-bond acceptors (Lipinski definition) is 6. The Labute approximate surface area is 144 Å². The minimum atomic E-state index is -0.443. The van der Waals surface area contributed by atoms with Crippen LogP contribution in [0.15, 0.2) is 41.9 Å². The largest absolute Gasteiger partial charge is 0.508 e. The second kappa shape index (κ2) is 6.21. The van der Waals surface area contributed by atoms with Crippen molar-refractivity contribution in [2.75, 3.05) is 31.6 Å². The number of rotatable bonds is 2. The lowest BCUT2D eigenvalue weighted by atomic mass is 9.94. The molecule has 1 fully saturated rings. The molecule has 130 valence electrons. The number of carbonyl (C=O) groups excluding carboxylic acids is 1. The Morgan fingerprint density at radius 3 is 2.92 bits per heavy atom. The lowest BCUT2D eigenvalue weighted by Gasteiger charge is -2.33. The molecule has 1 aromatic heterocycles. The van der Waals surface area contributed by atoms with Gasteiger partial charge in [-0.3, -0.25) is 4.79 Å². The number of carbonyl (C=O) groups is 1. The first-order chi connectivity index (χ1) is 12.1. The Balaban J connectivity index is 1.80. The molecule has 2 aromatic rings. The standard InChI is InChI=1S/C17H19N5O3/c1-11-14(16(24)21-5-7-25-8-6-21)15(12-3-2-4-13(23)9-12)22-17(20-11)18-10-19-22/h2-4,9-10,15,23H,5-8H2,1H3,(H,18,19,20)/t15-/m0/s1. The average Bonchev–Trinajstić information content (AvgIpc) is 3.08. The fourth-order valence-corrected chi connectivity index (χ4v) is 3.31. The van der Waals surface area contributed by atoms with Crippen molar-refractivity contribution < 1.29 is 14.6 Å². The SMILES string of the molecule is CC1=C(C(=O)N2CCOCC2)[C@H](c2cccc(O)c2)n2ncnc2N1. The molecule has 4 rings (SSSR count). The van der Waals surface area contributed by atoms with Gasteiger partial charge in [0, 0.05) is 18.8 Å². The van der Waals surface area contributed by atoms with Gasteiger partial charge >= 0.3 is 0 Å². The summed E-state index contributed by atoms with van der Waals surface area (Å²) in [5, 5.41) is 17.3. The monoisotopic (exact) mass is 341 g/mol. The molecule has 1 aromatic carbocycles. The highest BCUT2D eigenvalue weighted by Gasteiger charge is 2.35. The van der Waals surface area contributed by atoms with Crippen molar-refractivity contribution in [3.63, 3.8) is 0 Å². The van der Waals surface area contributed by atoms with Crippen LogP contribution in [0.3, 0.4) is 0 Å². The van der Waals surface area contributed by atoms with Crippen LogP contribution in [0.25, 0.3) is 0 Å². The van der Waals surface area contributed by atoms with Crippen LogP contribution in [0.5, 0.6) is 5.75 Å².